The molecule has 0 spiro atoms. The van der Waals surface area contributed by atoms with Crippen LogP contribution in [-0.4, -0.2) is 134 Å². The lowest BCUT2D eigenvalue weighted by Crippen LogP contribution is -2.14. The van der Waals surface area contributed by atoms with Gasteiger partial charge in [-0.05, 0) is 226 Å². The Hall–Kier alpha value is -9.90. The SMILES string of the molecule is CI.Cc1c2ccc(N(C)c3ccnc(Cl)n3)cc2nn1C.Cc1c2ccc(N)cc2nn1C.Cc1c2ccc(Nc3ccnc(Cl)n3)cc2nn1C.Cc1ccc(N)cc1S(N)(=O)=O.Cc1ccc(Nc2nccc(N(C)c3ccc4c(C)n(C)nc4c3)n2)cc1S(N)(=O)=O.Cl.Clc1ccnc(Cl)n1.O=CS(=O)(O)=C=S. The van der Waals surface area contributed by atoms with E-state index in [0.29, 0.717) is 45.2 Å². The number of primary sulfonamides is 2. The van der Waals surface area contributed by atoms with Crippen molar-refractivity contribution in [3.05, 3.63) is 213 Å². The Balaban J connectivity index is 0.000000214. The topological polar surface area (TPSA) is 432 Å². The Morgan fingerprint density at radius 1 is 0.482 bits per heavy atom. The fourth-order valence-corrected chi connectivity index (χ4v) is 12.5. The molecule has 6 aromatic carbocycles. The van der Waals surface area contributed by atoms with Gasteiger partial charge in [-0.1, -0.05) is 46.3 Å². The monoisotopic (exact) mass is 1810 g/mol. The molecule has 1 atom stereocenters. The highest BCUT2D eigenvalue weighted by atomic mass is 127. The molecule has 8 heterocycles. The summed E-state index contributed by atoms with van der Waals surface area (Å²) < 4.78 is 72.4. The number of benzene rings is 6. The standard InChI is InChI=1S/C21H23N7O2S.C14H14ClN5.C13H12ClN5.C9H11N3.C7H10N2O2S.C4H2Cl2N2.C2H2O3S2.CH3I.ClH/c1-13-5-6-15(11-19(13)31(22,29)30)24-21-23-10-9-20(25-21)27(3)16-7-8-17-14(2)28(4)26-18(17)12-16;1-9-11-5-4-10(8-12(11)18-20(9)3)19(2)13-6-7-16-14(15)17-13;1-8-10-4-3-9(7-11(10)18-19(8)2)16-12-5-6-15-13(14)17-12;1-6-8-4-3-7(10)5-9(8)11-12(6)2;1-5-2-3-6(8)4-7(5)12(9,10)11;5-3-1-2-7-4(6)8-3;3-1-7(4,5)2-6;1-2;/h5-12H,1-4H3,(H2,22,29,30)(H,23,24,25);4-8H,1-3H3;3-7H,1-2H3,(H,15,16,17);3-5H,10H2,1-2H3;2-4H,8H2,1H3,(H2,9,10,11);1-2H;1H,(H,4,5);1H3;1H. The number of hydrogen-bond acceptors (Lipinski definition) is 25. The van der Waals surface area contributed by atoms with Gasteiger partial charge in [0.05, 0.1) is 31.9 Å². The molecule has 0 saturated heterocycles. The van der Waals surface area contributed by atoms with Crippen molar-refractivity contribution >= 4 is 235 Å². The molecule has 0 aliphatic rings. The van der Waals surface area contributed by atoms with Crippen molar-refractivity contribution in [2.24, 2.45) is 38.5 Å². The third-order valence-electron chi connectivity index (χ3n) is 16.2. The summed E-state index contributed by atoms with van der Waals surface area (Å²) in [4.78, 5) is 47.4. The maximum atomic E-state index is 11.8. The minimum absolute atomic E-state index is 0. The average Bonchev–Trinajstić information content (AvgIpc) is 1.02. The molecule has 0 aliphatic carbocycles. The second-order valence-electron chi connectivity index (χ2n) is 23.7. The van der Waals surface area contributed by atoms with Gasteiger partial charge in [-0.3, -0.25) is 23.5 Å². The van der Waals surface area contributed by atoms with Gasteiger partial charge in [0.1, 0.15) is 22.6 Å². The molecule has 14 aromatic rings. The molecule has 0 radical (unpaired) electrons. The Morgan fingerprint density at radius 2 is 0.857 bits per heavy atom. The number of carbonyl (C=O) groups excluding carboxylic acids is 1. The maximum Gasteiger partial charge on any atom is 0.238 e. The summed E-state index contributed by atoms with van der Waals surface area (Å²) >= 11 is 28.4. The van der Waals surface area contributed by atoms with Gasteiger partial charge < -0.3 is 36.5 Å². The smallest absolute Gasteiger partial charge is 0.238 e. The van der Waals surface area contributed by atoms with Crippen molar-refractivity contribution in [3.63, 3.8) is 0 Å². The zero-order valence-electron chi connectivity index (χ0n) is 62.3. The van der Waals surface area contributed by atoms with E-state index in [9.17, 15) is 25.8 Å². The van der Waals surface area contributed by atoms with Crippen LogP contribution in [-0.2, 0) is 62.8 Å². The number of rotatable bonds is 11. The summed E-state index contributed by atoms with van der Waals surface area (Å²) in [5.74, 6) is 2.41. The van der Waals surface area contributed by atoms with Crippen LogP contribution >= 0.6 is 93.6 Å². The van der Waals surface area contributed by atoms with E-state index in [-0.39, 0.29) is 43.7 Å². The van der Waals surface area contributed by atoms with Crippen LogP contribution in [0.3, 0.4) is 0 Å². The number of aryl methyl sites for hydroxylation is 10. The van der Waals surface area contributed by atoms with Crippen molar-refractivity contribution in [2.75, 3.05) is 50.9 Å². The summed E-state index contributed by atoms with van der Waals surface area (Å²) in [6.45, 7) is 11.5. The van der Waals surface area contributed by atoms with Crippen molar-refractivity contribution in [3.8, 4) is 0 Å². The third kappa shape index (κ3) is 25.1. The van der Waals surface area contributed by atoms with Crippen molar-refractivity contribution in [2.45, 2.75) is 51.3 Å². The number of nitrogens with one attached hydrogen (secondary N) is 2. The number of alkyl halides is 1. The number of thiocarbonyl (C=S) groups is 1. The zero-order valence-corrected chi connectivity index (χ0v) is 71.5. The molecule has 0 aliphatic heterocycles. The molecule has 41 heteroatoms. The van der Waals surface area contributed by atoms with E-state index in [1.165, 1.54) is 33.7 Å². The fourth-order valence-electron chi connectivity index (χ4n) is 10.1. The molecular formula is C71H78Cl5IN24O7S4. The van der Waals surface area contributed by atoms with Crippen molar-refractivity contribution in [1.29, 1.82) is 0 Å². The molecule has 0 bridgehead atoms. The quantitative estimate of drug-likeness (QED) is 0.0120. The van der Waals surface area contributed by atoms with E-state index in [2.05, 4.69) is 119 Å². The number of carbonyl (C=O) groups is 1. The number of sulfonamides is 2. The van der Waals surface area contributed by atoms with Crippen LogP contribution in [0.4, 0.5) is 57.5 Å². The molecule has 11 N–H and O–H groups in total. The van der Waals surface area contributed by atoms with Gasteiger partial charge in [0.2, 0.25) is 47.5 Å². The lowest BCUT2D eigenvalue weighted by Gasteiger charge is -2.19. The number of halogens is 6. The van der Waals surface area contributed by atoms with Crippen LogP contribution in [0.25, 0.3) is 43.6 Å². The minimum atomic E-state index is -3.82. The molecule has 14 rings (SSSR count). The predicted octanol–water partition coefficient (Wildman–Crippen LogP) is 14.0. The Morgan fingerprint density at radius 3 is 1.29 bits per heavy atom. The number of fused-ring (bicyclic) bond motifs is 4. The van der Waals surface area contributed by atoms with Gasteiger partial charge in [-0.25, -0.2) is 66.2 Å². The van der Waals surface area contributed by atoms with Crippen LogP contribution in [0.15, 0.2) is 168 Å². The molecule has 1 unspecified atom stereocenters. The summed E-state index contributed by atoms with van der Waals surface area (Å²) in [6, 6.07) is 40.5. The van der Waals surface area contributed by atoms with E-state index >= 15 is 0 Å². The summed E-state index contributed by atoms with van der Waals surface area (Å²) in [5.41, 5.74) is 25.0. The number of anilines is 10. The first-order valence-electron chi connectivity index (χ1n) is 32.3. The van der Waals surface area contributed by atoms with Crippen LogP contribution in [0.2, 0.25) is 21.0 Å². The lowest BCUT2D eigenvalue weighted by atomic mass is 10.2. The number of nitrogen functional groups attached to an aromatic ring is 2. The molecule has 0 amide bonds. The number of hydrogen-bond donors (Lipinski definition) is 7. The van der Waals surface area contributed by atoms with Crippen LogP contribution in [0.5, 0.6) is 0 Å². The van der Waals surface area contributed by atoms with Gasteiger partial charge in [-0.2, -0.15) is 25.4 Å². The van der Waals surface area contributed by atoms with Gasteiger partial charge >= 0.3 is 0 Å². The second-order valence-corrected chi connectivity index (χ2v) is 30.2. The second kappa shape index (κ2) is 40.5. The highest BCUT2D eigenvalue weighted by Gasteiger charge is 2.17. The van der Waals surface area contributed by atoms with E-state index in [1.54, 1.807) is 74.9 Å². The molecule has 590 valence electrons. The first kappa shape index (κ1) is 91.0. The van der Waals surface area contributed by atoms with E-state index in [4.69, 9.17) is 72.7 Å². The molecule has 0 saturated carbocycles. The van der Waals surface area contributed by atoms with E-state index in [0.717, 1.165) is 83.9 Å². The zero-order chi connectivity index (χ0) is 82.0. The summed E-state index contributed by atoms with van der Waals surface area (Å²) in [6.07, 6.45) is 6.39. The van der Waals surface area contributed by atoms with Gasteiger partial charge in [0.25, 0.3) is 0 Å². The van der Waals surface area contributed by atoms with Gasteiger partial charge in [0.15, 0.2) is 9.80 Å². The largest absolute Gasteiger partial charge is 0.399 e. The normalized spacial score (nSPS) is 11.2. The van der Waals surface area contributed by atoms with Gasteiger partial charge in [-0.15, -0.1) is 12.4 Å². The number of nitrogens with two attached hydrogens (primary N) is 4. The highest BCUT2D eigenvalue weighted by molar-refractivity contribution is 14.1. The summed E-state index contributed by atoms with van der Waals surface area (Å²) in [7, 11) is 0.614. The predicted molar refractivity (Wildman–Crippen MR) is 464 cm³/mol. The van der Waals surface area contributed by atoms with E-state index in [1.807, 2.05) is 169 Å². The average molecular weight is 1810 g/mol. The molecule has 112 heavy (non-hydrogen) atoms. The fraction of sp³-hybridized carbons (Fsp3) is 0.183. The molecule has 0 fully saturated rings. The van der Waals surface area contributed by atoms with Crippen LogP contribution < -0.4 is 42.2 Å². The van der Waals surface area contributed by atoms with Crippen molar-refractivity contribution in [1.82, 2.24) is 79.0 Å². The van der Waals surface area contributed by atoms with Crippen LogP contribution in [0.1, 0.15) is 33.9 Å². The first-order chi connectivity index (χ1) is 52.3. The molecule has 8 aromatic heterocycles. The highest BCUT2D eigenvalue weighted by Crippen LogP contribution is 2.31. The first-order valence-corrected chi connectivity index (χ1v) is 41.0. The minimum Gasteiger partial charge on any atom is -0.399 e. The van der Waals surface area contributed by atoms with Gasteiger partial charge in [0, 0.05) is 150 Å². The molecule has 31 nitrogen and oxygen atoms in total. The van der Waals surface area contributed by atoms with Crippen molar-refractivity contribution < 1.29 is 30.4 Å². The Labute approximate surface area is 692 Å². The third-order valence-corrected chi connectivity index (χ3v) is 20.3. The number of aromatic nitrogens is 16. The van der Waals surface area contributed by atoms with E-state index < -0.39 is 29.8 Å². The lowest BCUT2D eigenvalue weighted by molar-refractivity contribution is 0.542. The maximum absolute atomic E-state index is 11.8. The van der Waals surface area contributed by atoms with Crippen LogP contribution in [0, 0.1) is 41.5 Å². The molecular weight excluding hydrogens is 1730 g/mol. The summed E-state index contributed by atoms with van der Waals surface area (Å²) in [5, 5.41) is 39.9. The Kier molecular flexibility index (Phi) is 32.9. The number of nitrogens with zero attached hydrogens (tertiary/aromatic N) is 18. The Bertz CT molecular complexity index is 6070.